The van der Waals surface area contributed by atoms with Crippen LogP contribution in [0.15, 0.2) is 24.3 Å². The summed E-state index contributed by atoms with van der Waals surface area (Å²) in [4.78, 5) is 29.0. The number of alkyl halides is 1. The molecular weight excluding hydrogens is 419 g/mol. The molecule has 2 bridgehead atoms. The average molecular weight is 447 g/mol. The largest absolute Gasteiger partial charge is 0.323 e. The number of amides is 2. The van der Waals surface area contributed by atoms with E-state index in [1.54, 1.807) is 17.0 Å². The number of hydrogen-bond donors (Lipinski definition) is 1. The van der Waals surface area contributed by atoms with Crippen molar-refractivity contribution in [1.82, 2.24) is 10.2 Å². The molecule has 3 saturated carbocycles. The van der Waals surface area contributed by atoms with Crippen molar-refractivity contribution in [1.29, 1.82) is 5.26 Å². The first-order chi connectivity index (χ1) is 14.8. The normalized spacial score (nSPS) is 32.0. The van der Waals surface area contributed by atoms with Crippen molar-refractivity contribution < 1.29 is 14.0 Å². The molecule has 0 spiro atoms. The quantitative estimate of drug-likeness (QED) is 0.751. The van der Waals surface area contributed by atoms with Gasteiger partial charge < -0.3 is 15.1 Å². The molecule has 1 aliphatic heterocycles. The Kier molecular flexibility index (Phi) is 5.97. The molecule has 2 atom stereocenters. The maximum Gasteiger partial charge on any atom is 0.237 e. The van der Waals surface area contributed by atoms with Crippen LogP contribution in [0.2, 0.25) is 5.02 Å². The van der Waals surface area contributed by atoms with Crippen LogP contribution >= 0.6 is 11.6 Å². The van der Waals surface area contributed by atoms with Gasteiger partial charge in [-0.05, 0) is 62.8 Å². The maximum absolute atomic E-state index is 13.6. The minimum absolute atomic E-state index is 0.000383. The predicted octanol–water partition coefficient (Wildman–Crippen LogP) is 3.45. The summed E-state index contributed by atoms with van der Waals surface area (Å²) in [5.74, 6) is -0.0795. The Morgan fingerprint density at radius 2 is 1.84 bits per heavy atom. The first-order valence-electron chi connectivity index (χ1n) is 10.9. The summed E-state index contributed by atoms with van der Waals surface area (Å²) in [6.07, 6.45) is 3.79. The highest BCUT2D eigenvalue weighted by Crippen LogP contribution is 2.53. The molecule has 2 unspecified atom stereocenters. The topological polar surface area (TPSA) is 76.4 Å². The second kappa shape index (κ2) is 8.40. The van der Waals surface area contributed by atoms with Crippen LogP contribution in [0.1, 0.15) is 44.9 Å². The molecule has 4 fully saturated rings. The van der Waals surface area contributed by atoms with Crippen LogP contribution in [0, 0.1) is 16.7 Å². The number of nitrogens with one attached hydrogen (secondary N) is 1. The number of benzene rings is 1. The Bertz CT molecular complexity index is 875. The van der Waals surface area contributed by atoms with E-state index in [1.807, 2.05) is 25.2 Å². The van der Waals surface area contributed by atoms with Crippen molar-refractivity contribution in [2.24, 2.45) is 5.41 Å². The van der Waals surface area contributed by atoms with Gasteiger partial charge in [0.15, 0.2) is 0 Å². The zero-order chi connectivity index (χ0) is 22.2. The number of likely N-dealkylation sites (tertiary alicyclic amines) is 1. The van der Waals surface area contributed by atoms with Crippen LogP contribution in [0.3, 0.4) is 0 Å². The summed E-state index contributed by atoms with van der Waals surface area (Å²) in [5.41, 5.74) is 0.316. The van der Waals surface area contributed by atoms with Gasteiger partial charge in [0.2, 0.25) is 11.8 Å². The second-order valence-corrected chi connectivity index (χ2v) is 9.72. The van der Waals surface area contributed by atoms with Crippen molar-refractivity contribution in [2.45, 2.75) is 62.7 Å². The minimum atomic E-state index is -1.12. The number of nitrogens with zero attached hydrogens (tertiary/aromatic N) is 3. The third-order valence-corrected chi connectivity index (χ3v) is 7.80. The first kappa shape index (κ1) is 22.0. The summed E-state index contributed by atoms with van der Waals surface area (Å²) >= 11 is 5.97. The molecule has 2 amide bonds. The molecular formula is C23H28ClFN4O2. The summed E-state index contributed by atoms with van der Waals surface area (Å²) in [6.45, 7) is 0.108. The number of nitriles is 1. The zero-order valence-corrected chi connectivity index (χ0v) is 18.5. The van der Waals surface area contributed by atoms with Gasteiger partial charge >= 0.3 is 0 Å². The molecule has 5 rings (SSSR count). The Labute approximate surface area is 187 Å². The molecule has 166 valence electrons. The van der Waals surface area contributed by atoms with Crippen LogP contribution in [0.5, 0.6) is 0 Å². The van der Waals surface area contributed by atoms with Gasteiger partial charge in [0.05, 0.1) is 19.2 Å². The minimum Gasteiger partial charge on any atom is -0.323 e. The van der Waals surface area contributed by atoms with E-state index in [0.717, 1.165) is 44.2 Å². The van der Waals surface area contributed by atoms with Crippen molar-refractivity contribution in [3.8, 4) is 6.07 Å². The lowest BCUT2D eigenvalue weighted by Crippen LogP contribution is -2.60. The van der Waals surface area contributed by atoms with Gasteiger partial charge in [0.1, 0.15) is 12.2 Å². The van der Waals surface area contributed by atoms with E-state index < -0.39 is 12.2 Å². The van der Waals surface area contributed by atoms with E-state index in [1.165, 1.54) is 4.90 Å². The highest BCUT2D eigenvalue weighted by atomic mass is 35.5. The van der Waals surface area contributed by atoms with E-state index in [0.29, 0.717) is 5.02 Å². The molecule has 4 aliphatic rings. The Morgan fingerprint density at radius 1 is 1.23 bits per heavy atom. The van der Waals surface area contributed by atoms with E-state index in [-0.39, 0.29) is 42.3 Å². The Balaban J connectivity index is 1.35. The summed E-state index contributed by atoms with van der Waals surface area (Å²) in [7, 11) is 1.81. The molecule has 1 N–H and O–H groups in total. The molecule has 0 aromatic heterocycles. The summed E-state index contributed by atoms with van der Waals surface area (Å²) in [6, 6.07) is 8.64. The number of anilines is 1. The molecule has 1 aromatic carbocycles. The van der Waals surface area contributed by atoms with Crippen LogP contribution in [-0.2, 0) is 9.59 Å². The Morgan fingerprint density at radius 3 is 2.42 bits per heavy atom. The van der Waals surface area contributed by atoms with E-state index in [2.05, 4.69) is 5.32 Å². The number of carbonyl (C=O) groups excluding carboxylic acids is 2. The van der Waals surface area contributed by atoms with Crippen LogP contribution in [0.4, 0.5) is 10.1 Å². The monoisotopic (exact) mass is 446 g/mol. The van der Waals surface area contributed by atoms with Gasteiger partial charge in [0, 0.05) is 35.1 Å². The predicted molar refractivity (Wildman–Crippen MR) is 116 cm³/mol. The highest BCUT2D eigenvalue weighted by Gasteiger charge is 2.53. The molecule has 8 heteroatoms. The van der Waals surface area contributed by atoms with Gasteiger partial charge in [-0.3, -0.25) is 9.59 Å². The average Bonchev–Trinajstić information content (AvgIpc) is 3.19. The smallest absolute Gasteiger partial charge is 0.237 e. The van der Waals surface area contributed by atoms with E-state index in [4.69, 9.17) is 11.6 Å². The number of hydrogen-bond acceptors (Lipinski definition) is 4. The fourth-order valence-corrected chi connectivity index (χ4v) is 5.58. The summed E-state index contributed by atoms with van der Waals surface area (Å²) in [5, 5.41) is 13.2. The highest BCUT2D eigenvalue weighted by molar-refractivity contribution is 6.30. The Hall–Kier alpha value is -2.17. The SMILES string of the molecule is CN(C(=O)C12CCC(NCC(=O)N3CC(F)CC3C#N)(CC1)CC2)c1ccc(Cl)cc1. The molecule has 1 heterocycles. The van der Waals surface area contributed by atoms with Crippen LogP contribution in [0.25, 0.3) is 0 Å². The van der Waals surface area contributed by atoms with Crippen molar-refractivity contribution >= 4 is 29.1 Å². The standard InChI is InChI=1S/C23H28ClFN4O2/c1-28(18-4-2-16(24)3-5-18)21(31)22-6-9-23(10-7-22,11-8-22)27-14-20(30)29-15-17(25)12-19(29)13-26/h2-5,17,19,27H,6-12,14-15H2,1H3. The lowest BCUT2D eigenvalue weighted by molar-refractivity contribution is -0.137. The van der Waals surface area contributed by atoms with Crippen molar-refractivity contribution in [2.75, 3.05) is 25.0 Å². The first-order valence-corrected chi connectivity index (χ1v) is 11.3. The number of carbonyl (C=O) groups is 2. The number of fused-ring (bicyclic) bond motifs is 3. The van der Waals surface area contributed by atoms with Gasteiger partial charge in [-0.2, -0.15) is 5.26 Å². The molecule has 3 aliphatic carbocycles. The fourth-order valence-electron chi connectivity index (χ4n) is 5.46. The van der Waals surface area contributed by atoms with Crippen LogP contribution < -0.4 is 10.2 Å². The van der Waals surface area contributed by atoms with E-state index >= 15 is 0 Å². The molecule has 1 saturated heterocycles. The van der Waals surface area contributed by atoms with Gasteiger partial charge in [-0.15, -0.1) is 0 Å². The molecule has 1 aromatic rings. The number of rotatable bonds is 5. The van der Waals surface area contributed by atoms with Crippen LogP contribution in [-0.4, -0.2) is 54.6 Å². The maximum atomic E-state index is 13.6. The van der Waals surface area contributed by atoms with Gasteiger partial charge in [-0.1, -0.05) is 11.6 Å². The van der Waals surface area contributed by atoms with Gasteiger partial charge in [-0.25, -0.2) is 4.39 Å². The second-order valence-electron chi connectivity index (χ2n) is 9.28. The third-order valence-electron chi connectivity index (χ3n) is 7.55. The lowest BCUT2D eigenvalue weighted by Gasteiger charge is -2.53. The van der Waals surface area contributed by atoms with Gasteiger partial charge in [0.25, 0.3) is 0 Å². The fraction of sp³-hybridized carbons (Fsp3) is 0.609. The number of halogens is 2. The third kappa shape index (κ3) is 4.16. The lowest BCUT2D eigenvalue weighted by atomic mass is 9.56. The summed E-state index contributed by atoms with van der Waals surface area (Å²) < 4.78 is 13.6. The molecule has 6 nitrogen and oxygen atoms in total. The van der Waals surface area contributed by atoms with Crippen molar-refractivity contribution in [3.05, 3.63) is 29.3 Å². The van der Waals surface area contributed by atoms with Crippen molar-refractivity contribution in [3.63, 3.8) is 0 Å². The molecule has 31 heavy (non-hydrogen) atoms. The zero-order valence-electron chi connectivity index (χ0n) is 17.7. The van der Waals surface area contributed by atoms with E-state index in [9.17, 15) is 19.2 Å². The molecule has 0 radical (unpaired) electrons.